The third-order valence-corrected chi connectivity index (χ3v) is 7.28. The van der Waals surface area contributed by atoms with E-state index >= 15 is 0 Å². The lowest BCUT2D eigenvalue weighted by molar-refractivity contribution is -0.0257. The molecule has 2 aromatic carbocycles. The van der Waals surface area contributed by atoms with E-state index in [-0.39, 0.29) is 5.91 Å². The van der Waals surface area contributed by atoms with E-state index in [1.54, 1.807) is 25.2 Å². The van der Waals surface area contributed by atoms with Gasteiger partial charge in [0, 0.05) is 63.2 Å². The first-order valence-corrected chi connectivity index (χ1v) is 12.4. The third-order valence-electron chi connectivity index (χ3n) is 7.28. The first kappa shape index (κ1) is 23.5. The summed E-state index contributed by atoms with van der Waals surface area (Å²) in [6, 6.07) is 10.2. The van der Waals surface area contributed by atoms with Gasteiger partial charge < -0.3 is 19.1 Å². The van der Waals surface area contributed by atoms with Gasteiger partial charge >= 0.3 is 0 Å². The quantitative estimate of drug-likeness (QED) is 0.401. The number of morpholine rings is 1. The summed E-state index contributed by atoms with van der Waals surface area (Å²) in [5, 5.41) is 4.26. The largest absolute Gasteiger partial charge is 0.496 e. The highest BCUT2D eigenvalue weighted by Crippen LogP contribution is 2.36. The monoisotopic (exact) mass is 502 g/mol. The Hall–Kier alpha value is -3.89. The van der Waals surface area contributed by atoms with Gasteiger partial charge in [-0.2, -0.15) is 5.10 Å². The Morgan fingerprint density at radius 1 is 1.03 bits per heavy atom. The fourth-order valence-electron chi connectivity index (χ4n) is 5.17. The topological polar surface area (TPSA) is 86.9 Å². The van der Waals surface area contributed by atoms with E-state index in [0.717, 1.165) is 54.2 Å². The van der Waals surface area contributed by atoms with Crippen molar-refractivity contribution in [3.8, 4) is 28.3 Å². The Balaban J connectivity index is 1.29. The molecular formula is C27H30N6O4. The molecule has 1 amide bonds. The molecular weight excluding hydrogens is 472 g/mol. The Labute approximate surface area is 214 Å². The predicted molar refractivity (Wildman–Crippen MR) is 138 cm³/mol. The molecule has 4 aromatic rings. The normalized spacial score (nSPS) is 16.7. The van der Waals surface area contributed by atoms with Crippen LogP contribution in [0.1, 0.15) is 10.4 Å². The molecule has 0 radical (unpaired) electrons. The molecule has 10 heteroatoms. The minimum Gasteiger partial charge on any atom is -0.496 e. The molecule has 6 rings (SSSR count). The lowest BCUT2D eigenvalue weighted by atomic mass is 10.0. The SMILES string of the molecule is COc1cc(-n2cnc3cc(-c4cnn(C)c4)ccc32)cc(OC)c1C(=O)N1CC(N2CCOCC2)C1. The second-order valence-corrected chi connectivity index (χ2v) is 9.46. The Kier molecular flexibility index (Phi) is 6.05. The minimum absolute atomic E-state index is 0.0821. The second-order valence-electron chi connectivity index (χ2n) is 9.46. The number of aryl methyl sites for hydroxylation is 1. The average molecular weight is 503 g/mol. The standard InChI is InChI=1S/C27H30N6O4/c1-30-14-19(13-29-30)18-4-5-23-22(10-18)28-17-33(23)20-11-24(35-2)26(25(12-20)36-3)27(34)32-15-21(16-32)31-6-8-37-9-7-31/h4-5,10-14,17,21H,6-9,15-16H2,1-3H3. The predicted octanol–water partition coefficient (Wildman–Crippen LogP) is 2.60. The zero-order chi connectivity index (χ0) is 25.5. The van der Waals surface area contributed by atoms with Crippen LogP contribution in [0.25, 0.3) is 27.8 Å². The number of methoxy groups -OCH3 is 2. The second kappa shape index (κ2) is 9.53. The van der Waals surface area contributed by atoms with Crippen LogP contribution in [0.5, 0.6) is 11.5 Å². The smallest absolute Gasteiger partial charge is 0.261 e. The zero-order valence-electron chi connectivity index (χ0n) is 21.3. The highest BCUT2D eigenvalue weighted by molar-refractivity contribution is 6.01. The van der Waals surface area contributed by atoms with Crippen LogP contribution in [0.15, 0.2) is 49.1 Å². The third kappa shape index (κ3) is 4.21. The number of likely N-dealkylation sites (tertiary alicyclic amines) is 1. The number of fused-ring (bicyclic) bond motifs is 1. The fraction of sp³-hybridized carbons (Fsp3) is 0.370. The Bertz CT molecular complexity index is 1420. The Morgan fingerprint density at radius 3 is 2.41 bits per heavy atom. The van der Waals surface area contributed by atoms with Gasteiger partial charge in [-0.3, -0.25) is 18.9 Å². The van der Waals surface area contributed by atoms with E-state index in [9.17, 15) is 4.79 Å². The molecule has 192 valence electrons. The number of ether oxygens (including phenoxy) is 3. The highest BCUT2D eigenvalue weighted by Gasteiger charge is 2.37. The molecule has 0 saturated carbocycles. The molecule has 2 aliphatic rings. The van der Waals surface area contributed by atoms with Gasteiger partial charge in [-0.15, -0.1) is 0 Å². The van der Waals surface area contributed by atoms with Crippen molar-refractivity contribution < 1.29 is 19.0 Å². The number of amides is 1. The number of nitrogens with zero attached hydrogens (tertiary/aromatic N) is 6. The molecule has 0 aliphatic carbocycles. The number of carbonyl (C=O) groups excluding carboxylic acids is 1. The van der Waals surface area contributed by atoms with Crippen LogP contribution in [0.2, 0.25) is 0 Å². The first-order chi connectivity index (χ1) is 18.1. The molecule has 0 N–H and O–H groups in total. The van der Waals surface area contributed by atoms with Gasteiger partial charge in [0.15, 0.2) is 0 Å². The summed E-state index contributed by atoms with van der Waals surface area (Å²) in [4.78, 5) is 22.4. The molecule has 0 unspecified atom stereocenters. The van der Waals surface area contributed by atoms with E-state index in [0.29, 0.717) is 36.2 Å². The van der Waals surface area contributed by atoms with E-state index in [4.69, 9.17) is 14.2 Å². The maximum absolute atomic E-state index is 13.5. The van der Waals surface area contributed by atoms with Gasteiger partial charge in [0.2, 0.25) is 0 Å². The van der Waals surface area contributed by atoms with Crippen LogP contribution in [-0.2, 0) is 11.8 Å². The Morgan fingerprint density at radius 2 is 1.76 bits per heavy atom. The number of imidazole rings is 1. The number of benzene rings is 2. The van der Waals surface area contributed by atoms with Crippen LogP contribution in [0.3, 0.4) is 0 Å². The van der Waals surface area contributed by atoms with Crippen molar-refractivity contribution in [3.05, 3.63) is 54.6 Å². The molecule has 10 nitrogen and oxygen atoms in total. The van der Waals surface area contributed by atoms with E-state index in [1.807, 2.05) is 53.2 Å². The lowest BCUT2D eigenvalue weighted by Crippen LogP contribution is -2.62. The summed E-state index contributed by atoms with van der Waals surface area (Å²) in [7, 11) is 5.05. The summed E-state index contributed by atoms with van der Waals surface area (Å²) in [5.74, 6) is 0.868. The number of aromatic nitrogens is 4. The average Bonchev–Trinajstić information content (AvgIpc) is 3.53. The minimum atomic E-state index is -0.0821. The van der Waals surface area contributed by atoms with Gasteiger partial charge in [-0.1, -0.05) is 6.07 Å². The van der Waals surface area contributed by atoms with E-state index < -0.39 is 0 Å². The van der Waals surface area contributed by atoms with Crippen LogP contribution in [0.4, 0.5) is 0 Å². The maximum Gasteiger partial charge on any atom is 0.261 e. The van der Waals surface area contributed by atoms with Gasteiger partial charge in [0.1, 0.15) is 23.4 Å². The van der Waals surface area contributed by atoms with Gasteiger partial charge in [0.25, 0.3) is 5.91 Å². The number of rotatable bonds is 6. The molecule has 0 bridgehead atoms. The molecule has 2 saturated heterocycles. The molecule has 37 heavy (non-hydrogen) atoms. The van der Waals surface area contributed by atoms with Crippen molar-refractivity contribution in [3.63, 3.8) is 0 Å². The van der Waals surface area contributed by atoms with Crippen molar-refractivity contribution in [2.75, 3.05) is 53.6 Å². The van der Waals surface area contributed by atoms with Crippen molar-refractivity contribution in [2.24, 2.45) is 7.05 Å². The van der Waals surface area contributed by atoms with Crippen LogP contribution < -0.4 is 9.47 Å². The van der Waals surface area contributed by atoms with Crippen molar-refractivity contribution >= 4 is 16.9 Å². The highest BCUT2D eigenvalue weighted by atomic mass is 16.5. The lowest BCUT2D eigenvalue weighted by Gasteiger charge is -2.46. The fourth-order valence-corrected chi connectivity index (χ4v) is 5.17. The molecule has 0 spiro atoms. The molecule has 0 atom stereocenters. The van der Waals surface area contributed by atoms with Crippen LogP contribution in [-0.4, -0.2) is 94.7 Å². The number of hydrogen-bond donors (Lipinski definition) is 0. The van der Waals surface area contributed by atoms with Crippen molar-refractivity contribution in [2.45, 2.75) is 6.04 Å². The van der Waals surface area contributed by atoms with E-state index in [2.05, 4.69) is 21.0 Å². The first-order valence-electron chi connectivity index (χ1n) is 12.4. The zero-order valence-corrected chi connectivity index (χ0v) is 21.3. The van der Waals surface area contributed by atoms with E-state index in [1.165, 1.54) is 0 Å². The summed E-state index contributed by atoms with van der Waals surface area (Å²) in [6.07, 6.45) is 5.59. The van der Waals surface area contributed by atoms with Gasteiger partial charge in [-0.05, 0) is 17.7 Å². The number of hydrogen-bond acceptors (Lipinski definition) is 7. The molecule has 2 aromatic heterocycles. The van der Waals surface area contributed by atoms with Crippen LogP contribution in [0, 0.1) is 0 Å². The summed E-state index contributed by atoms with van der Waals surface area (Å²) < 4.78 is 20.6. The molecule has 2 fully saturated rings. The summed E-state index contributed by atoms with van der Waals surface area (Å²) in [5.41, 5.74) is 5.12. The van der Waals surface area contributed by atoms with Crippen molar-refractivity contribution in [1.82, 2.24) is 29.1 Å². The van der Waals surface area contributed by atoms with Gasteiger partial charge in [-0.25, -0.2) is 4.98 Å². The maximum atomic E-state index is 13.5. The molecule has 2 aliphatic heterocycles. The van der Waals surface area contributed by atoms with Gasteiger partial charge in [0.05, 0.1) is 50.4 Å². The van der Waals surface area contributed by atoms with Crippen molar-refractivity contribution in [1.29, 1.82) is 0 Å². The molecule has 4 heterocycles. The summed E-state index contributed by atoms with van der Waals surface area (Å²) >= 11 is 0. The number of carbonyl (C=O) groups is 1. The summed E-state index contributed by atoms with van der Waals surface area (Å²) in [6.45, 7) is 4.71. The van der Waals surface area contributed by atoms with Crippen LogP contribution >= 0.6 is 0 Å².